The summed E-state index contributed by atoms with van der Waals surface area (Å²) in [6.07, 6.45) is 0.550. The largest absolute Gasteiger partial charge is 0.444 e. The lowest BCUT2D eigenvalue weighted by atomic mass is 9.79. The van der Waals surface area contributed by atoms with Crippen LogP contribution in [0.4, 0.5) is 19.8 Å². The number of fused-ring (bicyclic) bond motifs is 4. The van der Waals surface area contributed by atoms with E-state index >= 15 is 4.39 Å². The molecule has 3 atom stereocenters. The van der Waals surface area contributed by atoms with Crippen molar-refractivity contribution < 1.29 is 23.5 Å². The molecule has 47 heavy (non-hydrogen) atoms. The zero-order valence-electron chi connectivity index (χ0n) is 28.5. The minimum atomic E-state index is -0.620. The maximum atomic E-state index is 16.1. The van der Waals surface area contributed by atoms with Gasteiger partial charge in [-0.25, -0.2) is 23.9 Å². The molecule has 3 unspecified atom stereocenters. The highest BCUT2D eigenvalue weighted by atomic mass is 127. The molecule has 5 heterocycles. The van der Waals surface area contributed by atoms with E-state index in [2.05, 4.69) is 67.0 Å². The fourth-order valence-corrected chi connectivity index (χ4v) is 7.65. The van der Waals surface area contributed by atoms with Crippen LogP contribution in [-0.4, -0.2) is 112 Å². The summed E-state index contributed by atoms with van der Waals surface area (Å²) in [6, 6.07) is 2.14. The fraction of sp³-hybridized carbons (Fsp3) is 0.636. The Bertz CT molecular complexity index is 1750. The zero-order chi connectivity index (χ0) is 34.3. The molecule has 14 heteroatoms. The maximum absolute atomic E-state index is 16.1. The van der Waals surface area contributed by atoms with Crippen molar-refractivity contribution in [2.24, 2.45) is 5.92 Å². The Morgan fingerprint density at radius 2 is 1.70 bits per heavy atom. The third-order valence-corrected chi connectivity index (χ3v) is 11.6. The molecule has 3 aromatic rings. The number of imidazole rings is 1. The normalized spacial score (nSPS) is 21.4. The number of nitrogens with zero attached hydrogens (tertiary/aromatic N) is 7. The predicted octanol–water partition coefficient (Wildman–Crippen LogP) is 6.43. The molecule has 2 aromatic heterocycles. The molecule has 3 aliphatic heterocycles. The second-order valence-electron chi connectivity index (χ2n) is 15.3. The van der Waals surface area contributed by atoms with Gasteiger partial charge in [0.25, 0.3) is 0 Å². The van der Waals surface area contributed by atoms with Gasteiger partial charge in [-0.2, -0.15) is 0 Å². The first kappa shape index (κ1) is 34.4. The van der Waals surface area contributed by atoms with Crippen molar-refractivity contribution in [1.82, 2.24) is 29.2 Å². The summed E-state index contributed by atoms with van der Waals surface area (Å²) in [5.74, 6) is 1.18. The molecule has 2 amide bonds. The number of halogens is 3. The molecule has 0 spiro atoms. The van der Waals surface area contributed by atoms with Gasteiger partial charge in [0.2, 0.25) is 0 Å². The molecule has 2 bridgehead atoms. The number of amides is 2. The molecule has 11 nitrogen and oxygen atoms in total. The Morgan fingerprint density at radius 3 is 2.32 bits per heavy atom. The van der Waals surface area contributed by atoms with Crippen molar-refractivity contribution in [2.75, 3.05) is 52.2 Å². The fourth-order valence-electron chi connectivity index (χ4n) is 6.80. The van der Waals surface area contributed by atoms with E-state index in [4.69, 9.17) is 19.4 Å². The zero-order valence-corrected chi connectivity index (χ0v) is 32.3. The second-order valence-corrected chi connectivity index (χ2v) is 17.2. The lowest BCUT2D eigenvalue weighted by Crippen LogP contribution is -2.57. The third-order valence-electron chi connectivity index (χ3n) is 9.25. The van der Waals surface area contributed by atoms with E-state index in [1.165, 1.54) is 0 Å². The summed E-state index contributed by atoms with van der Waals surface area (Å²) in [5, 5.41) is 0.674. The van der Waals surface area contributed by atoms with Crippen LogP contribution in [0.3, 0.4) is 0 Å². The van der Waals surface area contributed by atoms with Gasteiger partial charge in [-0.05, 0) is 107 Å². The van der Waals surface area contributed by atoms with Crippen molar-refractivity contribution in [3.63, 3.8) is 0 Å². The summed E-state index contributed by atoms with van der Waals surface area (Å²) >= 11 is 5.58. The number of likely N-dealkylation sites (N-methyl/N-ethyl adjacent to an activating group) is 2. The SMILES string of the molecule is CN(CCc1nc2c(N3CC(N(C)C)C3)nc3c(F)c(Br)c(I)cc3c2n1C1C2CC1N(C(=O)OC(C)(C)C)C2)C(=O)OC(C)(C)C. The van der Waals surface area contributed by atoms with E-state index in [0.29, 0.717) is 46.7 Å². The van der Waals surface area contributed by atoms with Gasteiger partial charge in [-0.1, -0.05) is 0 Å². The van der Waals surface area contributed by atoms with Crippen molar-refractivity contribution >= 4 is 78.5 Å². The number of hydrogen-bond acceptors (Lipinski definition) is 8. The molecule has 7 rings (SSSR count). The molecule has 256 valence electrons. The van der Waals surface area contributed by atoms with E-state index in [1.54, 1.807) is 11.9 Å². The highest BCUT2D eigenvalue weighted by Gasteiger charge is 2.56. The lowest BCUT2D eigenvalue weighted by molar-refractivity contribution is 0.0206. The van der Waals surface area contributed by atoms with Gasteiger partial charge in [0.1, 0.15) is 28.1 Å². The van der Waals surface area contributed by atoms with E-state index in [-0.39, 0.29) is 29.6 Å². The maximum Gasteiger partial charge on any atom is 0.410 e. The first-order valence-electron chi connectivity index (χ1n) is 16.1. The van der Waals surface area contributed by atoms with Crippen LogP contribution in [0, 0.1) is 15.3 Å². The quantitative estimate of drug-likeness (QED) is 0.208. The Morgan fingerprint density at radius 1 is 1.04 bits per heavy atom. The summed E-state index contributed by atoms with van der Waals surface area (Å²) in [4.78, 5) is 44.1. The molecule has 3 saturated heterocycles. The first-order chi connectivity index (χ1) is 21.8. The molecular weight excluding hydrogens is 784 g/mol. The smallest absolute Gasteiger partial charge is 0.410 e. The summed E-state index contributed by atoms with van der Waals surface area (Å²) in [7, 11) is 5.83. The van der Waals surface area contributed by atoms with E-state index in [0.717, 1.165) is 34.4 Å². The van der Waals surface area contributed by atoms with Gasteiger partial charge in [0.15, 0.2) is 11.6 Å². The van der Waals surface area contributed by atoms with E-state index in [1.807, 2.05) is 52.5 Å². The average Bonchev–Trinajstić information content (AvgIpc) is 3.61. The topological polar surface area (TPSA) is 96.3 Å². The number of anilines is 1. The van der Waals surface area contributed by atoms with E-state index < -0.39 is 23.1 Å². The number of hydrogen-bond donors (Lipinski definition) is 0. The van der Waals surface area contributed by atoms with Gasteiger partial charge in [0.05, 0.1) is 22.1 Å². The average molecular weight is 829 g/mol. The number of carbonyl (C=O) groups is 2. The van der Waals surface area contributed by atoms with Gasteiger partial charge in [0, 0.05) is 60.6 Å². The Hall–Kier alpha value is -2.46. The van der Waals surface area contributed by atoms with Crippen LogP contribution in [0.2, 0.25) is 0 Å². The third kappa shape index (κ3) is 6.38. The minimum Gasteiger partial charge on any atom is -0.444 e. The molecule has 4 aliphatic rings. The highest BCUT2D eigenvalue weighted by molar-refractivity contribution is 14.1. The lowest BCUT2D eigenvalue weighted by Gasteiger charge is -2.43. The van der Waals surface area contributed by atoms with Gasteiger partial charge >= 0.3 is 12.2 Å². The molecule has 0 radical (unpaired) electrons. The van der Waals surface area contributed by atoms with Crippen LogP contribution < -0.4 is 4.90 Å². The van der Waals surface area contributed by atoms with Gasteiger partial charge in [-0.3, -0.25) is 0 Å². The van der Waals surface area contributed by atoms with Crippen molar-refractivity contribution in [3.8, 4) is 0 Å². The van der Waals surface area contributed by atoms with Crippen LogP contribution in [0.15, 0.2) is 10.5 Å². The Balaban J connectivity index is 1.49. The standard InChI is InChI=1S/C33H44BrFIN7O4/c1-32(2,3)46-30(44)40(9)11-10-22-37-26-28(43(22)27-17-12-21(27)42(14-17)31(45)47-33(4,5)6)19-13-20(36)23(34)24(35)25(19)38-29(26)41-15-18(16-41)39(7)8/h13,17-18,21,27H,10-12,14-16H2,1-9H3. The molecular formula is C33H44BrFIN7O4. The second kappa shape index (κ2) is 12.1. The number of pyridine rings is 1. The van der Waals surface area contributed by atoms with Gasteiger partial charge in [-0.15, -0.1) is 0 Å². The Labute approximate surface area is 297 Å². The molecule has 0 N–H and O–H groups in total. The Kier molecular flexibility index (Phi) is 8.89. The first-order valence-corrected chi connectivity index (χ1v) is 17.9. The van der Waals surface area contributed by atoms with Crippen molar-refractivity contribution in [3.05, 3.63) is 25.8 Å². The monoisotopic (exact) mass is 827 g/mol. The van der Waals surface area contributed by atoms with Crippen LogP contribution in [-0.2, 0) is 15.9 Å². The van der Waals surface area contributed by atoms with Crippen molar-refractivity contribution in [2.45, 2.75) is 83.7 Å². The van der Waals surface area contributed by atoms with Crippen LogP contribution in [0.25, 0.3) is 21.9 Å². The number of carbonyl (C=O) groups excluding carboxylic acids is 2. The molecule has 1 aromatic carbocycles. The predicted molar refractivity (Wildman–Crippen MR) is 192 cm³/mol. The number of benzene rings is 1. The number of aromatic nitrogens is 3. The minimum absolute atomic E-state index is 0.0805. The van der Waals surface area contributed by atoms with Gasteiger partial charge < -0.3 is 33.6 Å². The van der Waals surface area contributed by atoms with Crippen LogP contribution in [0.1, 0.15) is 59.8 Å². The molecule has 1 saturated carbocycles. The summed E-state index contributed by atoms with van der Waals surface area (Å²) in [6.45, 7) is 13.6. The molecule has 4 fully saturated rings. The highest BCUT2D eigenvalue weighted by Crippen LogP contribution is 2.52. The number of rotatable bonds is 6. The van der Waals surface area contributed by atoms with Crippen LogP contribution in [0.5, 0.6) is 0 Å². The summed E-state index contributed by atoms with van der Waals surface area (Å²) in [5.41, 5.74) is 0.562. The van der Waals surface area contributed by atoms with Crippen molar-refractivity contribution in [1.29, 1.82) is 0 Å². The molecule has 1 aliphatic carbocycles. The van der Waals surface area contributed by atoms with E-state index in [9.17, 15) is 9.59 Å². The summed E-state index contributed by atoms with van der Waals surface area (Å²) < 4.78 is 30.8. The number of ether oxygens (including phenoxy) is 2. The van der Waals surface area contributed by atoms with Crippen LogP contribution >= 0.6 is 38.5 Å².